The summed E-state index contributed by atoms with van der Waals surface area (Å²) in [7, 11) is 0. The molecule has 0 aliphatic heterocycles. The number of rotatable bonds is 0. The highest BCUT2D eigenvalue weighted by Crippen LogP contribution is 2.28. The highest BCUT2D eigenvalue weighted by Gasteiger charge is 2.04. The number of aryl methyl sites for hydroxylation is 18. The van der Waals surface area contributed by atoms with Crippen molar-refractivity contribution in [1.29, 1.82) is 0 Å². The molecule has 0 bridgehead atoms. The van der Waals surface area contributed by atoms with Gasteiger partial charge < -0.3 is 0 Å². The van der Waals surface area contributed by atoms with E-state index in [-0.39, 0.29) is 0 Å². The maximum atomic E-state index is 2.24. The highest BCUT2D eigenvalue weighted by atomic mass is 14.1. The minimum atomic E-state index is 1.33. The van der Waals surface area contributed by atoms with Crippen molar-refractivity contribution in [3.8, 4) is 0 Å². The summed E-state index contributed by atoms with van der Waals surface area (Å²) >= 11 is 0. The van der Waals surface area contributed by atoms with Crippen LogP contribution in [0.1, 0.15) is 100 Å². The van der Waals surface area contributed by atoms with Gasteiger partial charge in [0.05, 0.1) is 0 Å². The average molecular weight is 1410 g/mol. The van der Waals surface area contributed by atoms with Crippen molar-refractivity contribution < 1.29 is 0 Å². The molecule has 0 heteroatoms. The second-order valence-electron chi connectivity index (χ2n) is 29.5. The van der Waals surface area contributed by atoms with Crippen LogP contribution in [0.4, 0.5) is 0 Å². The third kappa shape index (κ3) is 20.9. The molecule has 18 aromatic carbocycles. The first-order chi connectivity index (χ1) is 52.0. The molecule has 0 saturated carbocycles. The topological polar surface area (TPSA) is 0 Å². The molecular weight excluding hydrogens is 1300 g/mol. The van der Waals surface area contributed by atoms with Gasteiger partial charge in [0.1, 0.15) is 0 Å². The summed E-state index contributed by atoms with van der Waals surface area (Å²) in [6, 6.07) is 117. The van der Waals surface area contributed by atoms with Gasteiger partial charge in [0.2, 0.25) is 0 Å². The summed E-state index contributed by atoms with van der Waals surface area (Å²) in [5, 5.41) is 24.4. The molecule has 0 N–H and O–H groups in total. The van der Waals surface area contributed by atoms with Gasteiger partial charge in [-0.3, -0.25) is 0 Å². The van der Waals surface area contributed by atoms with E-state index in [0.29, 0.717) is 0 Å². The van der Waals surface area contributed by atoms with E-state index < -0.39 is 0 Å². The smallest absolute Gasteiger partial charge is 0.0125 e. The van der Waals surface area contributed by atoms with Crippen LogP contribution >= 0.6 is 0 Å². The third-order valence-corrected chi connectivity index (χ3v) is 20.7. The normalized spacial score (nSPS) is 10.5. The van der Waals surface area contributed by atoms with Crippen LogP contribution < -0.4 is 0 Å². The van der Waals surface area contributed by atoms with Gasteiger partial charge in [-0.25, -0.2) is 0 Å². The SMILES string of the molecule is Cc1cc(C)c2ccccc2c1.Cc1cc2ccccc2cc1C.Cc1ccc(C)c2ccccc12.Cc1ccc2c(C)cccc2c1.Cc1ccc2cc(C)ccc2c1.Cc1ccc2cccc(C)c2c1.Cc1ccc2ccccc2c1C.Cc1cccc2c(C)cccc12.Cc1cccc2cccc(C)c12. The predicted octanol–water partition coefficient (Wildman–Crippen LogP) is 31.1. The quantitative estimate of drug-likeness (QED) is 0.142. The monoisotopic (exact) mass is 1400 g/mol. The predicted molar refractivity (Wildman–Crippen MR) is 481 cm³/mol. The minimum absolute atomic E-state index is 1.33. The summed E-state index contributed by atoms with van der Waals surface area (Å²) in [4.78, 5) is 0. The Balaban J connectivity index is 0.000000130. The van der Waals surface area contributed by atoms with Crippen molar-refractivity contribution in [1.82, 2.24) is 0 Å². The van der Waals surface area contributed by atoms with Gasteiger partial charge in [0.25, 0.3) is 0 Å². The Morgan fingerprint density at radius 2 is 0.398 bits per heavy atom. The van der Waals surface area contributed by atoms with Gasteiger partial charge in [-0.2, -0.15) is 0 Å². The fourth-order valence-corrected chi connectivity index (χ4v) is 14.3. The lowest BCUT2D eigenvalue weighted by molar-refractivity contribution is 1.37. The number of benzene rings is 18. The van der Waals surface area contributed by atoms with Crippen molar-refractivity contribution in [2.24, 2.45) is 0 Å². The molecule has 0 aromatic heterocycles. The number of fused-ring (bicyclic) bond motifs is 9. The van der Waals surface area contributed by atoms with Crippen molar-refractivity contribution in [2.45, 2.75) is 125 Å². The van der Waals surface area contributed by atoms with Crippen LogP contribution in [-0.4, -0.2) is 0 Å². The molecule has 0 amide bonds. The van der Waals surface area contributed by atoms with Gasteiger partial charge in [-0.1, -0.05) is 355 Å². The fourth-order valence-electron chi connectivity index (χ4n) is 14.3. The minimum Gasteiger partial charge on any atom is -0.0616 e. The summed E-state index contributed by atoms with van der Waals surface area (Å²) < 4.78 is 0. The Bertz CT molecular complexity index is 5770. The average Bonchev–Trinajstić information content (AvgIpc) is 0.851. The fraction of sp³-hybridized carbons (Fsp3) is 0.167. The Morgan fingerprint density at radius 1 is 0.120 bits per heavy atom. The molecule has 0 heterocycles. The van der Waals surface area contributed by atoms with E-state index in [2.05, 4.69) is 452 Å². The third-order valence-electron chi connectivity index (χ3n) is 20.7. The zero-order valence-corrected chi connectivity index (χ0v) is 67.2. The lowest BCUT2D eigenvalue weighted by Crippen LogP contribution is -1.82. The molecule has 0 nitrogen and oxygen atoms in total. The van der Waals surface area contributed by atoms with Crippen molar-refractivity contribution in [2.75, 3.05) is 0 Å². The van der Waals surface area contributed by atoms with Crippen molar-refractivity contribution >= 4 is 97.0 Å². The molecule has 0 atom stereocenters. The summed E-state index contributed by atoms with van der Waals surface area (Å²) in [6.07, 6.45) is 0. The van der Waals surface area contributed by atoms with E-state index in [0.717, 1.165) is 0 Å². The van der Waals surface area contributed by atoms with Gasteiger partial charge >= 0.3 is 0 Å². The highest BCUT2D eigenvalue weighted by molar-refractivity contribution is 5.93. The summed E-state index contributed by atoms with van der Waals surface area (Å²) in [5.41, 5.74) is 24.4. The summed E-state index contributed by atoms with van der Waals surface area (Å²) in [6.45, 7) is 38.7. The molecule has 0 radical (unpaired) electrons. The lowest BCUT2D eigenvalue weighted by Gasteiger charge is -2.04. The molecule has 0 aliphatic carbocycles. The maximum absolute atomic E-state index is 2.24. The molecule has 108 heavy (non-hydrogen) atoms. The maximum Gasteiger partial charge on any atom is -0.0125 e. The van der Waals surface area contributed by atoms with E-state index in [1.807, 2.05) is 0 Å². The van der Waals surface area contributed by atoms with Crippen molar-refractivity contribution in [3.05, 3.63) is 428 Å². The molecule has 540 valence electrons. The van der Waals surface area contributed by atoms with E-state index in [1.165, 1.54) is 197 Å². The Kier molecular flexibility index (Phi) is 27.4. The van der Waals surface area contributed by atoms with Gasteiger partial charge in [-0.05, 0) is 294 Å². The Morgan fingerprint density at radius 3 is 0.889 bits per heavy atom. The largest absolute Gasteiger partial charge is 0.0616 e. The second-order valence-corrected chi connectivity index (χ2v) is 29.5. The molecule has 0 aliphatic rings. The van der Waals surface area contributed by atoms with Gasteiger partial charge in [0, 0.05) is 0 Å². The zero-order valence-electron chi connectivity index (χ0n) is 67.2. The van der Waals surface area contributed by atoms with Gasteiger partial charge in [0.15, 0.2) is 0 Å². The van der Waals surface area contributed by atoms with Crippen molar-refractivity contribution in [3.63, 3.8) is 0 Å². The van der Waals surface area contributed by atoms with Crippen LogP contribution in [0.2, 0.25) is 0 Å². The zero-order chi connectivity index (χ0) is 77.0. The second kappa shape index (κ2) is 37.5. The van der Waals surface area contributed by atoms with Crippen LogP contribution in [-0.2, 0) is 0 Å². The number of hydrogen-bond donors (Lipinski definition) is 0. The van der Waals surface area contributed by atoms with Crippen LogP contribution in [0.3, 0.4) is 0 Å². The molecule has 18 aromatic rings. The van der Waals surface area contributed by atoms with Crippen LogP contribution in [0.5, 0.6) is 0 Å². The molecule has 0 unspecified atom stereocenters. The lowest BCUT2D eigenvalue weighted by atomic mass is 10.0. The van der Waals surface area contributed by atoms with E-state index >= 15 is 0 Å². The standard InChI is InChI=1S/9C12H12/c1-9-3-5-12-8-10(2)4-6-11(12)7-9;1-9-5-3-8-12-10(2)6-4-7-11(9)12;1-9-5-3-7-11-8-4-6-10(2)12(9)11;1-9-6-7-12-10(2)4-3-5-11(12)8-9;1-9-6-7-11-5-3-4-10(2)12(11)8-9;1-9-7-11-5-3-4-6-12(11)8-10(9)2;1-9-7-10(2)12-6-4-3-5-11(12)8-9;1-9-7-8-11-5-3-4-6-12(11)10(9)2;1-9-7-8-10(2)12-6-4-3-5-11(9)12/h9*3-8H,1-2H3. The molecular formula is C108H108. The Labute approximate surface area is 645 Å². The first kappa shape index (κ1) is 78.9. The van der Waals surface area contributed by atoms with E-state index in [1.54, 1.807) is 0 Å². The van der Waals surface area contributed by atoms with Gasteiger partial charge in [-0.15, -0.1) is 0 Å². The van der Waals surface area contributed by atoms with E-state index in [4.69, 9.17) is 0 Å². The van der Waals surface area contributed by atoms with Crippen LogP contribution in [0, 0.1) is 125 Å². The molecule has 0 spiro atoms. The first-order valence-corrected chi connectivity index (χ1v) is 38.1. The first-order valence-electron chi connectivity index (χ1n) is 38.1. The molecule has 0 fully saturated rings. The van der Waals surface area contributed by atoms with Crippen LogP contribution in [0.15, 0.2) is 328 Å². The summed E-state index contributed by atoms with van der Waals surface area (Å²) in [5.74, 6) is 0. The molecule has 0 saturated heterocycles. The van der Waals surface area contributed by atoms with E-state index in [9.17, 15) is 0 Å². The Hall–Kier alpha value is -11.7. The molecule has 18 rings (SSSR count). The number of hydrogen-bond acceptors (Lipinski definition) is 0. The van der Waals surface area contributed by atoms with Crippen LogP contribution in [0.25, 0.3) is 97.0 Å².